The molecule has 3 aromatic rings. The lowest BCUT2D eigenvalue weighted by molar-refractivity contribution is 0.0487. The number of amides is 1. The molecule has 150 valence electrons. The van der Waals surface area contributed by atoms with E-state index in [1.54, 1.807) is 18.3 Å². The van der Waals surface area contributed by atoms with Gasteiger partial charge < -0.3 is 10.1 Å². The number of aromatic amines is 1. The van der Waals surface area contributed by atoms with Gasteiger partial charge in [0.2, 0.25) is 0 Å². The average molecular weight is 430 g/mol. The van der Waals surface area contributed by atoms with Gasteiger partial charge in [-0.1, -0.05) is 47.5 Å². The molecule has 0 unspecified atom stereocenters. The SMILES string of the molecule is O=C(NCC1(c2ccc(Cl)cc2)CCOCC1)c1cn[nH]c1-c1ccc(Cl)cc1. The number of halogens is 2. The second-order valence-electron chi connectivity index (χ2n) is 7.25. The first-order chi connectivity index (χ1) is 14.1. The van der Waals surface area contributed by atoms with Crippen LogP contribution in [0.5, 0.6) is 0 Å². The van der Waals surface area contributed by atoms with E-state index in [2.05, 4.69) is 15.5 Å². The van der Waals surface area contributed by atoms with Crippen molar-refractivity contribution in [3.8, 4) is 11.3 Å². The molecule has 2 aromatic carbocycles. The fraction of sp³-hybridized carbons (Fsp3) is 0.273. The van der Waals surface area contributed by atoms with E-state index in [0.717, 1.165) is 24.0 Å². The number of ether oxygens (including phenoxy) is 1. The Morgan fingerprint density at radius 1 is 1.03 bits per heavy atom. The summed E-state index contributed by atoms with van der Waals surface area (Å²) in [6, 6.07) is 15.2. The van der Waals surface area contributed by atoms with Gasteiger partial charge in [0, 0.05) is 40.8 Å². The molecule has 0 bridgehead atoms. The van der Waals surface area contributed by atoms with Crippen LogP contribution in [0, 0.1) is 0 Å². The molecule has 1 aliphatic heterocycles. The van der Waals surface area contributed by atoms with E-state index in [1.807, 2.05) is 36.4 Å². The highest BCUT2D eigenvalue weighted by Gasteiger charge is 2.35. The molecule has 4 rings (SSSR count). The lowest BCUT2D eigenvalue weighted by Crippen LogP contribution is -2.44. The van der Waals surface area contributed by atoms with E-state index in [1.165, 1.54) is 0 Å². The summed E-state index contributed by atoms with van der Waals surface area (Å²) in [5.41, 5.74) is 3.02. The maximum absolute atomic E-state index is 13.0. The number of nitrogens with zero attached hydrogens (tertiary/aromatic N) is 1. The van der Waals surface area contributed by atoms with E-state index in [-0.39, 0.29) is 11.3 Å². The summed E-state index contributed by atoms with van der Waals surface area (Å²) in [7, 11) is 0. The Morgan fingerprint density at radius 3 is 2.31 bits per heavy atom. The fourth-order valence-electron chi connectivity index (χ4n) is 3.77. The molecule has 0 saturated carbocycles. The number of carbonyl (C=O) groups is 1. The van der Waals surface area contributed by atoms with Crippen LogP contribution in [0.2, 0.25) is 10.0 Å². The van der Waals surface area contributed by atoms with Gasteiger partial charge in [-0.3, -0.25) is 9.89 Å². The van der Waals surface area contributed by atoms with E-state index >= 15 is 0 Å². The van der Waals surface area contributed by atoms with Crippen LogP contribution in [-0.4, -0.2) is 35.9 Å². The summed E-state index contributed by atoms with van der Waals surface area (Å²) >= 11 is 12.0. The minimum absolute atomic E-state index is 0.163. The lowest BCUT2D eigenvalue weighted by atomic mass is 9.74. The molecule has 1 amide bonds. The maximum Gasteiger partial charge on any atom is 0.255 e. The third-order valence-electron chi connectivity index (χ3n) is 5.51. The van der Waals surface area contributed by atoms with Crippen LogP contribution in [0.3, 0.4) is 0 Å². The molecule has 0 aliphatic carbocycles. The standard InChI is InChI=1S/C22H21Cl2N3O2/c23-17-5-1-15(2-6-17)20-19(13-26-27-20)21(28)25-14-22(9-11-29-12-10-22)16-3-7-18(24)8-4-16/h1-8,13H,9-12,14H2,(H,25,28)(H,26,27). The minimum atomic E-state index is -0.178. The van der Waals surface area contributed by atoms with Crippen molar-refractivity contribution in [1.29, 1.82) is 0 Å². The van der Waals surface area contributed by atoms with Crippen LogP contribution in [0.25, 0.3) is 11.3 Å². The van der Waals surface area contributed by atoms with Crippen LogP contribution >= 0.6 is 23.2 Å². The Kier molecular flexibility index (Phi) is 5.90. The molecule has 1 aliphatic rings. The number of benzene rings is 2. The molecule has 1 aromatic heterocycles. The van der Waals surface area contributed by atoms with Gasteiger partial charge in [-0.25, -0.2) is 0 Å². The van der Waals surface area contributed by atoms with E-state index in [4.69, 9.17) is 27.9 Å². The molecule has 7 heteroatoms. The molecule has 1 fully saturated rings. The van der Waals surface area contributed by atoms with Crippen molar-refractivity contribution in [1.82, 2.24) is 15.5 Å². The number of aromatic nitrogens is 2. The quantitative estimate of drug-likeness (QED) is 0.608. The number of nitrogens with one attached hydrogen (secondary N) is 2. The summed E-state index contributed by atoms with van der Waals surface area (Å²) in [6.07, 6.45) is 3.23. The average Bonchev–Trinajstić information content (AvgIpc) is 3.24. The molecular weight excluding hydrogens is 409 g/mol. The van der Waals surface area contributed by atoms with Crippen LogP contribution in [-0.2, 0) is 10.2 Å². The molecule has 2 heterocycles. The second kappa shape index (κ2) is 8.57. The number of hydrogen-bond donors (Lipinski definition) is 2. The van der Waals surface area contributed by atoms with Crippen molar-refractivity contribution >= 4 is 29.1 Å². The highest BCUT2D eigenvalue weighted by Crippen LogP contribution is 2.35. The first-order valence-electron chi connectivity index (χ1n) is 9.49. The monoisotopic (exact) mass is 429 g/mol. The van der Waals surface area contributed by atoms with Crippen molar-refractivity contribution in [3.05, 3.63) is 75.9 Å². The van der Waals surface area contributed by atoms with Crippen molar-refractivity contribution in [2.45, 2.75) is 18.3 Å². The first kappa shape index (κ1) is 20.0. The minimum Gasteiger partial charge on any atom is -0.381 e. The summed E-state index contributed by atoms with van der Waals surface area (Å²) < 4.78 is 5.57. The molecule has 0 atom stereocenters. The summed E-state index contributed by atoms with van der Waals surface area (Å²) in [6.45, 7) is 1.85. The highest BCUT2D eigenvalue weighted by atomic mass is 35.5. The van der Waals surface area contributed by atoms with Gasteiger partial charge in [-0.05, 0) is 42.7 Å². The molecule has 0 spiro atoms. The summed E-state index contributed by atoms with van der Waals surface area (Å²) in [5, 5.41) is 11.4. The zero-order valence-electron chi connectivity index (χ0n) is 15.8. The van der Waals surface area contributed by atoms with Crippen molar-refractivity contribution < 1.29 is 9.53 Å². The molecular formula is C22H21Cl2N3O2. The third kappa shape index (κ3) is 4.32. The van der Waals surface area contributed by atoms with Gasteiger partial charge in [0.1, 0.15) is 0 Å². The van der Waals surface area contributed by atoms with Crippen molar-refractivity contribution in [2.75, 3.05) is 19.8 Å². The van der Waals surface area contributed by atoms with E-state index in [0.29, 0.717) is 41.1 Å². The molecule has 2 N–H and O–H groups in total. The third-order valence-corrected chi connectivity index (χ3v) is 6.01. The number of carbonyl (C=O) groups excluding carboxylic acids is 1. The normalized spacial score (nSPS) is 15.8. The van der Waals surface area contributed by atoms with Crippen LogP contribution < -0.4 is 5.32 Å². The number of rotatable bonds is 5. The van der Waals surface area contributed by atoms with Crippen LogP contribution in [0.1, 0.15) is 28.8 Å². The van der Waals surface area contributed by atoms with E-state index in [9.17, 15) is 4.79 Å². The second-order valence-corrected chi connectivity index (χ2v) is 8.12. The Morgan fingerprint density at radius 2 is 1.66 bits per heavy atom. The Hall–Kier alpha value is -2.34. The largest absolute Gasteiger partial charge is 0.381 e. The highest BCUT2D eigenvalue weighted by molar-refractivity contribution is 6.30. The smallest absolute Gasteiger partial charge is 0.255 e. The van der Waals surface area contributed by atoms with Gasteiger partial charge in [0.15, 0.2) is 0 Å². The predicted molar refractivity (Wildman–Crippen MR) is 115 cm³/mol. The van der Waals surface area contributed by atoms with Crippen molar-refractivity contribution in [3.63, 3.8) is 0 Å². The predicted octanol–water partition coefficient (Wildman–Crippen LogP) is 4.86. The summed E-state index contributed by atoms with van der Waals surface area (Å²) in [4.78, 5) is 13.0. The Bertz CT molecular complexity index is 978. The summed E-state index contributed by atoms with van der Waals surface area (Å²) in [5.74, 6) is -0.163. The van der Waals surface area contributed by atoms with Crippen LogP contribution in [0.4, 0.5) is 0 Å². The van der Waals surface area contributed by atoms with Crippen LogP contribution in [0.15, 0.2) is 54.7 Å². The van der Waals surface area contributed by atoms with Gasteiger partial charge in [-0.15, -0.1) is 0 Å². The fourth-order valence-corrected chi connectivity index (χ4v) is 4.02. The van der Waals surface area contributed by atoms with E-state index < -0.39 is 0 Å². The molecule has 5 nitrogen and oxygen atoms in total. The molecule has 0 radical (unpaired) electrons. The Labute approximate surface area is 179 Å². The molecule has 29 heavy (non-hydrogen) atoms. The number of hydrogen-bond acceptors (Lipinski definition) is 3. The van der Waals surface area contributed by atoms with Gasteiger partial charge in [-0.2, -0.15) is 5.10 Å². The van der Waals surface area contributed by atoms with Gasteiger partial charge >= 0.3 is 0 Å². The Balaban J connectivity index is 1.54. The maximum atomic E-state index is 13.0. The zero-order valence-corrected chi connectivity index (χ0v) is 17.3. The first-order valence-corrected chi connectivity index (χ1v) is 10.2. The lowest BCUT2D eigenvalue weighted by Gasteiger charge is -2.38. The van der Waals surface area contributed by atoms with Gasteiger partial charge in [0.05, 0.1) is 17.5 Å². The van der Waals surface area contributed by atoms with Crippen molar-refractivity contribution in [2.24, 2.45) is 0 Å². The molecule has 1 saturated heterocycles. The van der Waals surface area contributed by atoms with Gasteiger partial charge in [0.25, 0.3) is 5.91 Å². The zero-order chi connectivity index (χ0) is 20.3. The topological polar surface area (TPSA) is 67.0 Å². The number of H-pyrrole nitrogens is 1.